The first kappa shape index (κ1) is 16.7. The van der Waals surface area contributed by atoms with Gasteiger partial charge in [-0.1, -0.05) is 6.07 Å². The van der Waals surface area contributed by atoms with Crippen molar-refractivity contribution in [1.29, 1.82) is 0 Å². The lowest BCUT2D eigenvalue weighted by Crippen LogP contribution is -2.45. The van der Waals surface area contributed by atoms with Crippen molar-refractivity contribution in [1.82, 2.24) is 9.62 Å². The lowest BCUT2D eigenvalue weighted by Gasteiger charge is -2.23. The molecule has 0 spiro atoms. The van der Waals surface area contributed by atoms with Gasteiger partial charge in [-0.2, -0.15) is 4.31 Å². The van der Waals surface area contributed by atoms with Gasteiger partial charge in [0.05, 0.1) is 17.7 Å². The highest BCUT2D eigenvalue weighted by Crippen LogP contribution is 2.26. The zero-order valence-electron chi connectivity index (χ0n) is 12.8. The largest absolute Gasteiger partial charge is 0.467 e. The van der Waals surface area contributed by atoms with Crippen molar-refractivity contribution < 1.29 is 22.0 Å². The number of rotatable bonds is 5. The standard InChI is InChI=1S/C16H17FN2O4S/c17-12-4-1-6-14(10-12)24(21,22)19-8-2-7-15(19)16(20)18-11-13-5-3-9-23-13/h1,3-6,9-10,15H,2,7-8,11H2,(H,18,20). The summed E-state index contributed by atoms with van der Waals surface area (Å²) < 4.78 is 45.0. The van der Waals surface area contributed by atoms with Gasteiger partial charge in [-0.05, 0) is 43.2 Å². The van der Waals surface area contributed by atoms with Crippen LogP contribution in [0.25, 0.3) is 0 Å². The second-order valence-electron chi connectivity index (χ2n) is 5.53. The Balaban J connectivity index is 1.76. The Bertz CT molecular complexity index is 820. The van der Waals surface area contributed by atoms with E-state index in [1.807, 2.05) is 0 Å². The molecule has 0 saturated carbocycles. The monoisotopic (exact) mass is 352 g/mol. The maximum absolute atomic E-state index is 13.3. The predicted octanol–water partition coefficient (Wildman–Crippen LogP) is 1.89. The van der Waals surface area contributed by atoms with Gasteiger partial charge in [0.15, 0.2) is 0 Å². The molecule has 1 amide bonds. The summed E-state index contributed by atoms with van der Waals surface area (Å²) in [6, 6.07) is 7.43. The molecule has 1 fully saturated rings. The van der Waals surface area contributed by atoms with Gasteiger partial charge < -0.3 is 9.73 Å². The zero-order valence-corrected chi connectivity index (χ0v) is 13.6. The first-order valence-electron chi connectivity index (χ1n) is 7.56. The molecule has 6 nitrogen and oxygen atoms in total. The molecule has 1 atom stereocenters. The summed E-state index contributed by atoms with van der Waals surface area (Å²) >= 11 is 0. The van der Waals surface area contributed by atoms with E-state index < -0.39 is 21.9 Å². The van der Waals surface area contributed by atoms with Crippen molar-refractivity contribution in [3.05, 3.63) is 54.2 Å². The molecular formula is C16H17FN2O4S. The number of nitrogens with zero attached hydrogens (tertiary/aromatic N) is 1. The molecule has 2 heterocycles. The van der Waals surface area contributed by atoms with Crippen LogP contribution >= 0.6 is 0 Å². The van der Waals surface area contributed by atoms with E-state index >= 15 is 0 Å². The van der Waals surface area contributed by atoms with Crippen LogP contribution < -0.4 is 5.32 Å². The van der Waals surface area contributed by atoms with Crippen LogP contribution in [0.2, 0.25) is 0 Å². The summed E-state index contributed by atoms with van der Waals surface area (Å²) in [6.07, 6.45) is 2.50. The second kappa shape index (κ2) is 6.74. The van der Waals surface area contributed by atoms with E-state index in [-0.39, 0.29) is 23.9 Å². The van der Waals surface area contributed by atoms with E-state index in [0.717, 1.165) is 10.4 Å². The van der Waals surface area contributed by atoms with Crippen LogP contribution in [0, 0.1) is 5.82 Å². The number of nitrogens with one attached hydrogen (secondary N) is 1. The topological polar surface area (TPSA) is 79.6 Å². The molecular weight excluding hydrogens is 335 g/mol. The second-order valence-corrected chi connectivity index (χ2v) is 7.42. The fraction of sp³-hybridized carbons (Fsp3) is 0.312. The van der Waals surface area contributed by atoms with E-state index in [0.29, 0.717) is 18.6 Å². The predicted molar refractivity (Wildman–Crippen MR) is 83.9 cm³/mol. The molecule has 1 aromatic carbocycles. The van der Waals surface area contributed by atoms with Crippen LogP contribution in [0.1, 0.15) is 18.6 Å². The van der Waals surface area contributed by atoms with Crippen LogP contribution in [-0.4, -0.2) is 31.2 Å². The van der Waals surface area contributed by atoms with Gasteiger partial charge in [0.2, 0.25) is 15.9 Å². The number of amides is 1. The fourth-order valence-corrected chi connectivity index (χ4v) is 4.45. The number of furan rings is 1. The third kappa shape index (κ3) is 3.34. The van der Waals surface area contributed by atoms with Crippen molar-refractivity contribution in [3.63, 3.8) is 0 Å². The molecule has 0 bridgehead atoms. The minimum Gasteiger partial charge on any atom is -0.467 e. The number of hydrogen-bond donors (Lipinski definition) is 1. The molecule has 1 aromatic heterocycles. The van der Waals surface area contributed by atoms with Crippen LogP contribution in [-0.2, 0) is 21.4 Å². The van der Waals surface area contributed by atoms with E-state index in [9.17, 15) is 17.6 Å². The number of benzene rings is 1. The Labute approximate surface area is 139 Å². The molecule has 1 N–H and O–H groups in total. The minimum absolute atomic E-state index is 0.145. The molecule has 3 rings (SSSR count). The van der Waals surface area contributed by atoms with Crippen LogP contribution in [0.5, 0.6) is 0 Å². The molecule has 1 saturated heterocycles. The summed E-state index contributed by atoms with van der Waals surface area (Å²) in [5, 5.41) is 2.68. The average molecular weight is 352 g/mol. The smallest absolute Gasteiger partial charge is 0.243 e. The van der Waals surface area contributed by atoms with Crippen LogP contribution in [0.3, 0.4) is 0 Å². The van der Waals surface area contributed by atoms with Crippen molar-refractivity contribution in [3.8, 4) is 0 Å². The molecule has 1 aliphatic heterocycles. The molecule has 0 radical (unpaired) electrons. The lowest BCUT2D eigenvalue weighted by atomic mass is 10.2. The summed E-state index contributed by atoms with van der Waals surface area (Å²) in [6.45, 7) is 0.424. The number of sulfonamides is 1. The van der Waals surface area contributed by atoms with Crippen molar-refractivity contribution in [2.75, 3.05) is 6.54 Å². The number of hydrogen-bond acceptors (Lipinski definition) is 4. The zero-order chi connectivity index (χ0) is 17.2. The number of carbonyl (C=O) groups is 1. The normalized spacial score (nSPS) is 18.6. The highest BCUT2D eigenvalue weighted by molar-refractivity contribution is 7.89. The molecule has 24 heavy (non-hydrogen) atoms. The van der Waals surface area contributed by atoms with E-state index in [2.05, 4.69) is 5.32 Å². The van der Waals surface area contributed by atoms with Crippen molar-refractivity contribution in [2.24, 2.45) is 0 Å². The Kier molecular flexibility index (Phi) is 4.68. The van der Waals surface area contributed by atoms with Crippen LogP contribution in [0.4, 0.5) is 4.39 Å². The quantitative estimate of drug-likeness (QED) is 0.891. The number of carbonyl (C=O) groups excluding carboxylic acids is 1. The van der Waals surface area contributed by atoms with E-state index in [1.54, 1.807) is 12.1 Å². The Morgan fingerprint density at radius 3 is 2.88 bits per heavy atom. The minimum atomic E-state index is -3.92. The third-order valence-electron chi connectivity index (χ3n) is 3.93. The Morgan fingerprint density at radius 2 is 2.17 bits per heavy atom. The van der Waals surface area contributed by atoms with Crippen molar-refractivity contribution >= 4 is 15.9 Å². The average Bonchev–Trinajstić information content (AvgIpc) is 3.24. The Hall–Kier alpha value is -2.19. The fourth-order valence-electron chi connectivity index (χ4n) is 2.76. The maximum atomic E-state index is 13.3. The van der Waals surface area contributed by atoms with Gasteiger partial charge in [0.1, 0.15) is 17.6 Å². The summed E-state index contributed by atoms with van der Waals surface area (Å²) in [4.78, 5) is 12.2. The summed E-state index contributed by atoms with van der Waals surface area (Å²) in [7, 11) is -3.92. The van der Waals surface area contributed by atoms with Gasteiger partial charge in [0.25, 0.3) is 0 Å². The molecule has 128 valence electrons. The summed E-state index contributed by atoms with van der Waals surface area (Å²) in [5.41, 5.74) is 0. The number of halogens is 1. The third-order valence-corrected chi connectivity index (χ3v) is 5.83. The lowest BCUT2D eigenvalue weighted by molar-refractivity contribution is -0.124. The highest BCUT2D eigenvalue weighted by atomic mass is 32.2. The first-order chi connectivity index (χ1) is 11.5. The van der Waals surface area contributed by atoms with Crippen LogP contribution in [0.15, 0.2) is 52.0 Å². The first-order valence-corrected chi connectivity index (χ1v) is 9.00. The molecule has 1 aliphatic rings. The molecule has 0 aliphatic carbocycles. The summed E-state index contributed by atoms with van der Waals surface area (Å²) in [5.74, 6) is -0.432. The van der Waals surface area contributed by atoms with Gasteiger partial charge in [0, 0.05) is 6.54 Å². The Morgan fingerprint density at radius 1 is 1.33 bits per heavy atom. The van der Waals surface area contributed by atoms with Gasteiger partial charge in [-0.3, -0.25) is 4.79 Å². The van der Waals surface area contributed by atoms with Gasteiger partial charge >= 0.3 is 0 Å². The van der Waals surface area contributed by atoms with E-state index in [1.165, 1.54) is 24.5 Å². The van der Waals surface area contributed by atoms with Gasteiger partial charge in [-0.15, -0.1) is 0 Å². The molecule has 2 aromatic rings. The highest BCUT2D eigenvalue weighted by Gasteiger charge is 2.39. The van der Waals surface area contributed by atoms with Gasteiger partial charge in [-0.25, -0.2) is 12.8 Å². The maximum Gasteiger partial charge on any atom is 0.243 e. The molecule has 8 heteroatoms. The van der Waals surface area contributed by atoms with Crippen molar-refractivity contribution in [2.45, 2.75) is 30.3 Å². The molecule has 1 unspecified atom stereocenters. The van der Waals surface area contributed by atoms with E-state index in [4.69, 9.17) is 4.42 Å². The SMILES string of the molecule is O=C(NCc1ccco1)C1CCCN1S(=O)(=O)c1cccc(F)c1.